The highest BCUT2D eigenvalue weighted by Crippen LogP contribution is 2.41. The second kappa shape index (κ2) is 18.2. The molecular formula is C46H57Cl2N7O4. The molecule has 3 N–H and O–H groups in total. The fraction of sp³-hybridized carbons (Fsp3) is 0.543. The lowest BCUT2D eigenvalue weighted by atomic mass is 9.78. The first-order valence-electron chi connectivity index (χ1n) is 21.8. The Labute approximate surface area is 357 Å². The van der Waals surface area contributed by atoms with Gasteiger partial charge in [0.1, 0.15) is 0 Å². The molecule has 0 radical (unpaired) electrons. The molecule has 0 bridgehead atoms. The average molecular weight is 843 g/mol. The zero-order chi connectivity index (χ0) is 41.2. The summed E-state index contributed by atoms with van der Waals surface area (Å²) in [6, 6.07) is 11.5. The number of amides is 2. The number of carboxylic acids is 1. The highest BCUT2D eigenvalue weighted by Gasteiger charge is 2.31. The molecule has 11 nitrogen and oxygen atoms in total. The minimum Gasteiger partial charge on any atom is -0.481 e. The summed E-state index contributed by atoms with van der Waals surface area (Å²) in [5.74, 6) is 0.488. The number of hydrogen-bond acceptors (Lipinski definition) is 6. The van der Waals surface area contributed by atoms with Gasteiger partial charge in [-0.2, -0.15) is 0 Å². The molecule has 314 valence electrons. The van der Waals surface area contributed by atoms with Crippen LogP contribution in [0.3, 0.4) is 0 Å². The fourth-order valence-electron chi connectivity index (χ4n) is 10.3. The third-order valence-electron chi connectivity index (χ3n) is 13.9. The maximum atomic E-state index is 13.8. The van der Waals surface area contributed by atoms with Gasteiger partial charge < -0.3 is 24.9 Å². The van der Waals surface area contributed by atoms with E-state index in [0.29, 0.717) is 62.1 Å². The lowest BCUT2D eigenvalue weighted by Gasteiger charge is -2.36. The van der Waals surface area contributed by atoms with Crippen molar-refractivity contribution in [1.82, 2.24) is 24.0 Å². The van der Waals surface area contributed by atoms with Crippen molar-refractivity contribution in [3.63, 3.8) is 0 Å². The molecule has 8 rings (SSSR count). The fourth-order valence-corrected chi connectivity index (χ4v) is 10.9. The van der Waals surface area contributed by atoms with E-state index in [0.717, 1.165) is 100 Å². The monoisotopic (exact) mass is 841 g/mol. The van der Waals surface area contributed by atoms with Gasteiger partial charge in [-0.15, -0.1) is 0 Å². The number of aliphatic carboxylic acids is 1. The molecule has 0 spiro atoms. The van der Waals surface area contributed by atoms with Crippen LogP contribution in [0.25, 0.3) is 11.1 Å². The highest BCUT2D eigenvalue weighted by atomic mass is 35.5. The van der Waals surface area contributed by atoms with Crippen LogP contribution in [-0.2, 0) is 44.7 Å². The Hall–Kier alpha value is -4.19. The smallest absolute Gasteiger partial charge is 0.306 e. The molecule has 2 aromatic carbocycles. The van der Waals surface area contributed by atoms with Crippen LogP contribution in [0.5, 0.6) is 0 Å². The van der Waals surface area contributed by atoms with Crippen LogP contribution in [0, 0.1) is 17.8 Å². The van der Waals surface area contributed by atoms with Crippen molar-refractivity contribution >= 4 is 52.4 Å². The lowest BCUT2D eigenvalue weighted by molar-refractivity contribution is -0.143. The highest BCUT2D eigenvalue weighted by molar-refractivity contribution is 6.40. The van der Waals surface area contributed by atoms with Gasteiger partial charge in [-0.3, -0.25) is 19.3 Å². The molecule has 2 aromatic heterocycles. The minimum atomic E-state index is -0.644. The number of nitrogens with one attached hydrogen (secondary N) is 2. The van der Waals surface area contributed by atoms with Gasteiger partial charge >= 0.3 is 5.97 Å². The molecule has 1 unspecified atom stereocenters. The van der Waals surface area contributed by atoms with Crippen molar-refractivity contribution in [1.29, 1.82) is 0 Å². The Morgan fingerprint density at radius 3 is 1.83 bits per heavy atom. The molecule has 3 heterocycles. The van der Waals surface area contributed by atoms with Crippen LogP contribution in [0.15, 0.2) is 36.4 Å². The first kappa shape index (κ1) is 41.5. The molecule has 2 saturated carbocycles. The summed E-state index contributed by atoms with van der Waals surface area (Å²) in [4.78, 5) is 51.1. The number of benzene rings is 2. The van der Waals surface area contributed by atoms with Gasteiger partial charge in [0.15, 0.2) is 11.6 Å². The number of aryl methyl sites for hydroxylation is 1. The van der Waals surface area contributed by atoms with Gasteiger partial charge in [0.2, 0.25) is 0 Å². The molecule has 2 fully saturated rings. The van der Waals surface area contributed by atoms with Crippen molar-refractivity contribution < 1.29 is 19.5 Å². The standard InChI is InChI=1S/C46H57Cl2N7O4/c1-53-38-24-21-28(17-18-29-19-22-30(23-20-29)46(58)59)9-6-14-34(38)49-42(53)44(56)51-35-15-7-12-32(40(35)47)33-13-8-16-36(41(33)48)52-45(57)43-50-37-27-55(26-25-39(37)54(43)2)31-10-4-3-5-11-31/h7-8,12-13,15-16,28-31H,3-6,9-11,14,17-27H2,1-2H3,(H,51,56)(H,52,57)(H,58,59). The van der Waals surface area contributed by atoms with E-state index in [1.165, 1.54) is 44.9 Å². The lowest BCUT2D eigenvalue weighted by Crippen LogP contribution is -2.40. The summed E-state index contributed by atoms with van der Waals surface area (Å²) < 4.78 is 3.85. The van der Waals surface area contributed by atoms with Gasteiger partial charge in [0.05, 0.1) is 38.7 Å². The number of rotatable bonds is 10. The van der Waals surface area contributed by atoms with Crippen LogP contribution in [-0.4, -0.2) is 59.5 Å². The van der Waals surface area contributed by atoms with Gasteiger partial charge in [-0.05, 0) is 88.2 Å². The van der Waals surface area contributed by atoms with Gasteiger partial charge in [0, 0.05) is 62.2 Å². The number of anilines is 2. The van der Waals surface area contributed by atoms with Crippen LogP contribution >= 0.6 is 23.2 Å². The summed E-state index contributed by atoms with van der Waals surface area (Å²) >= 11 is 14.0. The van der Waals surface area contributed by atoms with E-state index in [1.807, 2.05) is 47.5 Å². The van der Waals surface area contributed by atoms with Crippen molar-refractivity contribution in [2.24, 2.45) is 31.8 Å². The Kier molecular flexibility index (Phi) is 12.8. The van der Waals surface area contributed by atoms with Crippen LogP contribution < -0.4 is 10.6 Å². The number of imidazole rings is 2. The third-order valence-corrected chi connectivity index (χ3v) is 14.7. The number of halogens is 2. The quantitative estimate of drug-likeness (QED) is 0.145. The molecule has 1 aliphatic heterocycles. The van der Waals surface area contributed by atoms with E-state index in [1.54, 1.807) is 12.1 Å². The second-order valence-electron chi connectivity index (χ2n) is 17.5. The molecule has 13 heteroatoms. The second-order valence-corrected chi connectivity index (χ2v) is 18.2. The molecule has 3 aliphatic carbocycles. The van der Waals surface area contributed by atoms with E-state index in [2.05, 4.69) is 15.5 Å². The van der Waals surface area contributed by atoms with E-state index < -0.39 is 5.97 Å². The zero-order valence-corrected chi connectivity index (χ0v) is 35.9. The predicted molar refractivity (Wildman–Crippen MR) is 232 cm³/mol. The van der Waals surface area contributed by atoms with E-state index in [-0.39, 0.29) is 17.7 Å². The molecule has 2 amide bonds. The van der Waals surface area contributed by atoms with Crippen molar-refractivity contribution in [3.8, 4) is 11.1 Å². The predicted octanol–water partition coefficient (Wildman–Crippen LogP) is 9.88. The molecule has 4 aliphatic rings. The van der Waals surface area contributed by atoms with E-state index in [4.69, 9.17) is 33.2 Å². The van der Waals surface area contributed by atoms with Crippen LogP contribution in [0.1, 0.15) is 134 Å². The number of carbonyl (C=O) groups excluding carboxylic acids is 2. The molecule has 59 heavy (non-hydrogen) atoms. The van der Waals surface area contributed by atoms with Gasteiger partial charge in [-0.1, -0.05) is 86.0 Å². The number of carbonyl (C=O) groups is 3. The SMILES string of the molecule is Cn1c(C(=O)Nc2cccc(-c3cccc(NC(=O)c4nc5c(n4C)CCN(C4CCCCC4)C5)c3Cl)c2Cl)nc2c1CCC(CCC1CCC(C(=O)O)CC1)CCC2. The zero-order valence-electron chi connectivity index (χ0n) is 34.4. The summed E-state index contributed by atoms with van der Waals surface area (Å²) in [6.07, 6.45) is 18.1. The normalized spacial score (nSPS) is 21.5. The average Bonchev–Trinajstić information content (AvgIpc) is 3.73. The Balaban J connectivity index is 0.915. The Bertz CT molecular complexity index is 2200. The van der Waals surface area contributed by atoms with Crippen molar-refractivity contribution in [3.05, 3.63) is 80.9 Å². The van der Waals surface area contributed by atoms with Crippen LogP contribution in [0.4, 0.5) is 11.4 Å². The maximum Gasteiger partial charge on any atom is 0.306 e. The van der Waals surface area contributed by atoms with Gasteiger partial charge in [0.25, 0.3) is 11.8 Å². The largest absolute Gasteiger partial charge is 0.481 e. The number of hydrogen-bond donors (Lipinski definition) is 3. The van der Waals surface area contributed by atoms with Crippen LogP contribution in [0.2, 0.25) is 10.0 Å². The third kappa shape index (κ3) is 8.98. The topological polar surface area (TPSA) is 134 Å². The molecule has 0 saturated heterocycles. The Morgan fingerprint density at radius 2 is 1.24 bits per heavy atom. The number of carboxylic acid groups (broad SMARTS) is 1. The van der Waals surface area contributed by atoms with Crippen molar-refractivity contribution in [2.45, 2.75) is 122 Å². The first-order chi connectivity index (χ1) is 28.5. The summed E-state index contributed by atoms with van der Waals surface area (Å²) in [7, 11) is 3.83. The number of nitrogens with zero attached hydrogens (tertiary/aromatic N) is 5. The molecule has 1 atom stereocenters. The minimum absolute atomic E-state index is 0.166. The van der Waals surface area contributed by atoms with Crippen molar-refractivity contribution in [2.75, 3.05) is 17.2 Å². The molecule has 4 aromatic rings. The maximum absolute atomic E-state index is 13.8. The van der Waals surface area contributed by atoms with E-state index >= 15 is 0 Å². The summed E-state index contributed by atoms with van der Waals surface area (Å²) in [5, 5.41) is 16.0. The van der Waals surface area contributed by atoms with Gasteiger partial charge in [-0.25, -0.2) is 9.97 Å². The van der Waals surface area contributed by atoms with E-state index in [9.17, 15) is 19.5 Å². The summed E-state index contributed by atoms with van der Waals surface area (Å²) in [5.41, 5.74) is 6.31. The number of fused-ring (bicyclic) bond motifs is 2. The summed E-state index contributed by atoms with van der Waals surface area (Å²) in [6.45, 7) is 1.76. The number of aromatic nitrogens is 4. The molecular weight excluding hydrogens is 785 g/mol. The first-order valence-corrected chi connectivity index (χ1v) is 22.6. The Morgan fingerprint density at radius 1 is 0.678 bits per heavy atom.